The van der Waals surface area contributed by atoms with Crippen molar-refractivity contribution in [2.24, 2.45) is 0 Å². The molecule has 0 spiro atoms. The third-order valence-electron chi connectivity index (χ3n) is 3.47. The molecule has 4 unspecified atom stereocenters. The first-order valence-corrected chi connectivity index (χ1v) is 6.73. The molecule has 1 fully saturated rings. The van der Waals surface area contributed by atoms with E-state index < -0.39 is 36.8 Å². The molecule has 2 heterocycles. The molecule has 0 bridgehead atoms. The van der Waals surface area contributed by atoms with Gasteiger partial charge in [-0.1, -0.05) is 0 Å². The summed E-state index contributed by atoms with van der Waals surface area (Å²) in [5.74, 6) is -0.171. The maximum atomic E-state index is 12.1. The number of carbonyl (C=O) groups excluding carboxylic acids is 1. The van der Waals surface area contributed by atoms with Crippen LogP contribution in [0.2, 0.25) is 0 Å². The Balaban J connectivity index is 2.38. The Morgan fingerprint density at radius 1 is 1.59 bits per heavy atom. The number of carbonyl (C=O) groups is 1. The van der Waals surface area contributed by atoms with Crippen LogP contribution in [0, 0.1) is 6.92 Å². The Bertz CT molecular complexity index is 616. The Hall–Kier alpha value is -1.81. The number of hydrogen-bond donors (Lipinski definition) is 3. The standard InChI is InChI=1S/C13H19N3O6/c1-6-4-16(13(20)15-11(6)14-7(2)18)12-10(21-3)9(19)8(5-17)22-12/h4,8-10,12,17,19H,5H2,1-3H3,(H,14,15,18,20). The lowest BCUT2D eigenvalue weighted by Gasteiger charge is -2.21. The van der Waals surface area contributed by atoms with Crippen LogP contribution < -0.4 is 11.0 Å². The van der Waals surface area contributed by atoms with Crippen LogP contribution in [-0.2, 0) is 14.3 Å². The monoisotopic (exact) mass is 313 g/mol. The van der Waals surface area contributed by atoms with Crippen molar-refractivity contribution in [2.75, 3.05) is 19.0 Å². The lowest BCUT2D eigenvalue weighted by atomic mass is 10.1. The molecule has 4 atom stereocenters. The summed E-state index contributed by atoms with van der Waals surface area (Å²) in [5, 5.41) is 21.7. The fraction of sp³-hybridized carbons (Fsp3) is 0.615. The molecule has 9 nitrogen and oxygen atoms in total. The van der Waals surface area contributed by atoms with Gasteiger partial charge < -0.3 is 25.0 Å². The molecule has 1 aliphatic rings. The van der Waals surface area contributed by atoms with E-state index in [1.165, 1.54) is 24.8 Å². The van der Waals surface area contributed by atoms with Crippen LogP contribution in [0.5, 0.6) is 0 Å². The molecular formula is C13H19N3O6. The normalized spacial score (nSPS) is 27.9. The van der Waals surface area contributed by atoms with E-state index in [1.807, 2.05) is 0 Å². The van der Waals surface area contributed by atoms with Gasteiger partial charge in [0.2, 0.25) is 5.91 Å². The van der Waals surface area contributed by atoms with Gasteiger partial charge in [0.1, 0.15) is 24.1 Å². The van der Waals surface area contributed by atoms with Gasteiger partial charge in [0.25, 0.3) is 0 Å². The number of hydrogen-bond acceptors (Lipinski definition) is 7. The van der Waals surface area contributed by atoms with Gasteiger partial charge in [-0.3, -0.25) is 9.36 Å². The van der Waals surface area contributed by atoms with Crippen LogP contribution in [0.3, 0.4) is 0 Å². The number of aryl methyl sites for hydroxylation is 1. The third kappa shape index (κ3) is 3.02. The molecule has 22 heavy (non-hydrogen) atoms. The molecule has 2 rings (SSSR count). The van der Waals surface area contributed by atoms with Gasteiger partial charge in [-0.05, 0) is 6.92 Å². The maximum absolute atomic E-state index is 12.1. The maximum Gasteiger partial charge on any atom is 0.351 e. The van der Waals surface area contributed by atoms with Gasteiger partial charge >= 0.3 is 5.69 Å². The molecule has 1 aliphatic heterocycles. The van der Waals surface area contributed by atoms with Gasteiger partial charge in [-0.25, -0.2) is 4.79 Å². The van der Waals surface area contributed by atoms with Crippen LogP contribution in [0.4, 0.5) is 5.82 Å². The van der Waals surface area contributed by atoms with Crippen molar-refractivity contribution >= 4 is 11.7 Å². The molecule has 122 valence electrons. The van der Waals surface area contributed by atoms with Gasteiger partial charge in [-0.2, -0.15) is 4.98 Å². The number of methoxy groups -OCH3 is 1. The van der Waals surface area contributed by atoms with Crippen LogP contribution >= 0.6 is 0 Å². The highest BCUT2D eigenvalue weighted by Gasteiger charge is 2.45. The average Bonchev–Trinajstić information content (AvgIpc) is 2.77. The number of nitrogens with one attached hydrogen (secondary N) is 1. The van der Waals surface area contributed by atoms with Crippen LogP contribution in [-0.4, -0.2) is 57.7 Å². The van der Waals surface area contributed by atoms with Crippen LogP contribution in [0.25, 0.3) is 0 Å². The molecule has 3 N–H and O–H groups in total. The third-order valence-corrected chi connectivity index (χ3v) is 3.47. The van der Waals surface area contributed by atoms with Gasteiger partial charge in [-0.15, -0.1) is 0 Å². The zero-order valence-corrected chi connectivity index (χ0v) is 12.5. The number of amides is 1. The Morgan fingerprint density at radius 2 is 2.27 bits per heavy atom. The fourth-order valence-corrected chi connectivity index (χ4v) is 2.39. The molecular weight excluding hydrogens is 294 g/mol. The predicted molar refractivity (Wildman–Crippen MR) is 75.3 cm³/mol. The van der Waals surface area contributed by atoms with E-state index in [9.17, 15) is 19.8 Å². The minimum atomic E-state index is -1.07. The number of aromatic nitrogens is 2. The van der Waals surface area contributed by atoms with Crippen molar-refractivity contribution in [1.29, 1.82) is 0 Å². The number of rotatable bonds is 4. The molecule has 1 saturated heterocycles. The Morgan fingerprint density at radius 3 is 2.82 bits per heavy atom. The molecule has 1 aromatic heterocycles. The van der Waals surface area contributed by atoms with E-state index >= 15 is 0 Å². The van der Waals surface area contributed by atoms with E-state index in [0.717, 1.165) is 0 Å². The SMILES string of the molecule is COC1C(O)C(CO)OC1n1cc(C)c(NC(C)=O)nc1=O. The van der Waals surface area contributed by atoms with Crippen molar-refractivity contribution in [3.63, 3.8) is 0 Å². The zero-order chi connectivity index (χ0) is 16.4. The lowest BCUT2D eigenvalue weighted by Crippen LogP contribution is -2.37. The first-order valence-electron chi connectivity index (χ1n) is 6.73. The average molecular weight is 313 g/mol. The topological polar surface area (TPSA) is 123 Å². The molecule has 1 aromatic rings. The van der Waals surface area contributed by atoms with Gasteiger partial charge in [0.15, 0.2) is 6.23 Å². The van der Waals surface area contributed by atoms with E-state index in [4.69, 9.17) is 9.47 Å². The summed E-state index contributed by atoms with van der Waals surface area (Å²) in [6.45, 7) is 2.59. The highest BCUT2D eigenvalue weighted by molar-refractivity contribution is 5.88. The quantitative estimate of drug-likeness (QED) is 0.636. The van der Waals surface area contributed by atoms with Crippen molar-refractivity contribution < 1.29 is 24.5 Å². The Labute approximate surface area is 126 Å². The number of aliphatic hydroxyl groups is 2. The smallest absolute Gasteiger partial charge is 0.351 e. The number of nitrogens with zero attached hydrogens (tertiary/aromatic N) is 2. The number of aliphatic hydroxyl groups excluding tert-OH is 2. The predicted octanol–water partition coefficient (Wildman–Crippen LogP) is -1.22. The summed E-state index contributed by atoms with van der Waals surface area (Å²) in [4.78, 5) is 27.0. The molecule has 0 aliphatic carbocycles. The largest absolute Gasteiger partial charge is 0.394 e. The van der Waals surface area contributed by atoms with Crippen molar-refractivity contribution in [3.05, 3.63) is 22.2 Å². The van der Waals surface area contributed by atoms with E-state index in [0.29, 0.717) is 5.56 Å². The summed E-state index contributed by atoms with van der Waals surface area (Å²) in [5.41, 5.74) is -0.109. The molecule has 1 amide bonds. The summed E-state index contributed by atoms with van der Waals surface area (Å²) in [6.07, 6.45) is -2.19. The second-order valence-corrected chi connectivity index (χ2v) is 5.08. The van der Waals surface area contributed by atoms with Gasteiger partial charge in [0.05, 0.1) is 6.61 Å². The second kappa shape index (κ2) is 6.53. The van der Waals surface area contributed by atoms with E-state index in [2.05, 4.69) is 10.3 Å². The summed E-state index contributed by atoms with van der Waals surface area (Å²) < 4.78 is 11.8. The minimum Gasteiger partial charge on any atom is -0.394 e. The first kappa shape index (κ1) is 16.6. The van der Waals surface area contributed by atoms with Crippen molar-refractivity contribution in [3.8, 4) is 0 Å². The first-order chi connectivity index (χ1) is 10.4. The van der Waals surface area contributed by atoms with Crippen LogP contribution in [0.15, 0.2) is 11.0 Å². The van der Waals surface area contributed by atoms with Gasteiger partial charge in [0, 0.05) is 25.8 Å². The Kier molecular flexibility index (Phi) is 4.91. The fourth-order valence-electron chi connectivity index (χ4n) is 2.39. The van der Waals surface area contributed by atoms with Crippen molar-refractivity contribution in [1.82, 2.24) is 9.55 Å². The highest BCUT2D eigenvalue weighted by Crippen LogP contribution is 2.30. The molecule has 0 radical (unpaired) electrons. The summed E-state index contributed by atoms with van der Waals surface area (Å²) in [6, 6.07) is 0. The lowest BCUT2D eigenvalue weighted by molar-refractivity contribution is -0.114. The molecule has 9 heteroatoms. The minimum absolute atomic E-state index is 0.167. The van der Waals surface area contributed by atoms with E-state index in [-0.39, 0.29) is 11.7 Å². The zero-order valence-electron chi connectivity index (χ0n) is 12.5. The summed E-state index contributed by atoms with van der Waals surface area (Å²) >= 11 is 0. The van der Waals surface area contributed by atoms with Crippen molar-refractivity contribution in [2.45, 2.75) is 38.4 Å². The highest BCUT2D eigenvalue weighted by atomic mass is 16.6. The summed E-state index contributed by atoms with van der Waals surface area (Å²) in [7, 11) is 1.38. The molecule has 0 aromatic carbocycles. The van der Waals surface area contributed by atoms with E-state index in [1.54, 1.807) is 6.92 Å². The number of anilines is 1. The van der Waals surface area contributed by atoms with Crippen LogP contribution in [0.1, 0.15) is 18.7 Å². The second-order valence-electron chi connectivity index (χ2n) is 5.08. The number of ether oxygens (including phenoxy) is 2. The molecule has 0 saturated carbocycles.